The van der Waals surface area contributed by atoms with E-state index in [2.05, 4.69) is 15.6 Å². The SMILES string of the molecule is COCCNCCNC(=O)CCc1nccs1.Cl.Cl. The Balaban J connectivity index is 0. The number of nitrogens with zero attached hydrogens (tertiary/aromatic N) is 1. The van der Waals surface area contributed by atoms with E-state index in [9.17, 15) is 4.79 Å². The Kier molecular flexibility index (Phi) is 15.4. The maximum Gasteiger partial charge on any atom is 0.220 e. The summed E-state index contributed by atoms with van der Waals surface area (Å²) in [5, 5.41) is 8.95. The van der Waals surface area contributed by atoms with Crippen molar-refractivity contribution in [2.24, 2.45) is 0 Å². The smallest absolute Gasteiger partial charge is 0.220 e. The number of halogens is 2. The van der Waals surface area contributed by atoms with Crippen LogP contribution in [0.4, 0.5) is 0 Å². The predicted octanol–water partition coefficient (Wildman–Crippen LogP) is 1.27. The molecule has 19 heavy (non-hydrogen) atoms. The van der Waals surface area contributed by atoms with Gasteiger partial charge in [0.15, 0.2) is 0 Å². The molecule has 0 aliphatic rings. The minimum Gasteiger partial charge on any atom is -0.383 e. The van der Waals surface area contributed by atoms with Crippen molar-refractivity contribution in [3.05, 3.63) is 16.6 Å². The number of aryl methyl sites for hydroxylation is 1. The molecule has 0 saturated carbocycles. The third-order valence-corrected chi connectivity index (χ3v) is 3.00. The first-order chi connectivity index (χ1) is 8.33. The van der Waals surface area contributed by atoms with Crippen LogP contribution in [0.3, 0.4) is 0 Å². The fourth-order valence-corrected chi connectivity index (χ4v) is 1.90. The monoisotopic (exact) mass is 329 g/mol. The van der Waals surface area contributed by atoms with Gasteiger partial charge in [0, 0.05) is 51.2 Å². The minimum atomic E-state index is 0. The van der Waals surface area contributed by atoms with Gasteiger partial charge >= 0.3 is 0 Å². The lowest BCUT2D eigenvalue weighted by molar-refractivity contribution is -0.121. The van der Waals surface area contributed by atoms with Gasteiger partial charge in [-0.25, -0.2) is 4.98 Å². The van der Waals surface area contributed by atoms with E-state index in [-0.39, 0.29) is 30.7 Å². The molecule has 0 unspecified atom stereocenters. The average Bonchev–Trinajstić information content (AvgIpc) is 2.84. The highest BCUT2D eigenvalue weighted by atomic mass is 35.5. The Labute approximate surface area is 130 Å². The molecule has 1 amide bonds. The molecule has 1 rings (SSSR count). The van der Waals surface area contributed by atoms with Gasteiger partial charge in [0.2, 0.25) is 5.91 Å². The van der Waals surface area contributed by atoms with Gasteiger partial charge in [0.25, 0.3) is 0 Å². The molecule has 0 atom stereocenters. The first-order valence-electron chi connectivity index (χ1n) is 5.67. The minimum absolute atomic E-state index is 0. The molecule has 1 heterocycles. The molecule has 1 aromatic rings. The number of methoxy groups -OCH3 is 1. The van der Waals surface area contributed by atoms with Crippen LogP contribution in [-0.4, -0.2) is 44.2 Å². The van der Waals surface area contributed by atoms with Crippen molar-refractivity contribution in [1.29, 1.82) is 0 Å². The Bertz CT molecular complexity index is 313. The summed E-state index contributed by atoms with van der Waals surface area (Å²) in [5.74, 6) is 0.0775. The fourth-order valence-electron chi connectivity index (χ4n) is 1.27. The molecule has 0 aliphatic carbocycles. The molecule has 112 valence electrons. The number of ether oxygens (including phenoxy) is 1. The van der Waals surface area contributed by atoms with Gasteiger partial charge in [-0.15, -0.1) is 36.2 Å². The number of carbonyl (C=O) groups is 1. The normalized spacial score (nSPS) is 9.32. The lowest BCUT2D eigenvalue weighted by Gasteiger charge is -2.05. The van der Waals surface area contributed by atoms with Gasteiger partial charge in [-0.3, -0.25) is 4.79 Å². The number of thiazole rings is 1. The highest BCUT2D eigenvalue weighted by Crippen LogP contribution is 2.06. The van der Waals surface area contributed by atoms with E-state index in [1.807, 2.05) is 5.38 Å². The molecule has 5 nitrogen and oxygen atoms in total. The first kappa shape index (κ1) is 20.9. The molecule has 1 aromatic heterocycles. The molecule has 8 heteroatoms. The van der Waals surface area contributed by atoms with Crippen molar-refractivity contribution in [3.8, 4) is 0 Å². The summed E-state index contributed by atoms with van der Waals surface area (Å²) in [7, 11) is 1.67. The number of aromatic nitrogens is 1. The highest BCUT2D eigenvalue weighted by Gasteiger charge is 2.02. The van der Waals surface area contributed by atoms with Gasteiger partial charge in [-0.2, -0.15) is 0 Å². The summed E-state index contributed by atoms with van der Waals surface area (Å²) in [4.78, 5) is 15.6. The Morgan fingerprint density at radius 1 is 1.37 bits per heavy atom. The summed E-state index contributed by atoms with van der Waals surface area (Å²) >= 11 is 1.58. The Hall–Kier alpha value is -0.400. The molecule has 2 N–H and O–H groups in total. The third kappa shape index (κ3) is 11.1. The van der Waals surface area contributed by atoms with Gasteiger partial charge in [-0.05, 0) is 0 Å². The van der Waals surface area contributed by atoms with Crippen LogP contribution in [0.15, 0.2) is 11.6 Å². The highest BCUT2D eigenvalue weighted by molar-refractivity contribution is 7.09. The van der Waals surface area contributed by atoms with Crippen LogP contribution < -0.4 is 10.6 Å². The number of carbonyl (C=O) groups excluding carboxylic acids is 1. The van der Waals surface area contributed by atoms with E-state index < -0.39 is 0 Å². The maximum absolute atomic E-state index is 11.4. The third-order valence-electron chi connectivity index (χ3n) is 2.16. The fraction of sp³-hybridized carbons (Fsp3) is 0.636. The average molecular weight is 330 g/mol. The summed E-state index contributed by atoms with van der Waals surface area (Å²) in [5.41, 5.74) is 0. The van der Waals surface area contributed by atoms with E-state index in [1.54, 1.807) is 24.6 Å². The number of nitrogens with one attached hydrogen (secondary N) is 2. The maximum atomic E-state index is 11.4. The molecule has 0 saturated heterocycles. The van der Waals surface area contributed by atoms with E-state index in [0.717, 1.165) is 24.5 Å². The summed E-state index contributed by atoms with van der Waals surface area (Å²) in [6, 6.07) is 0. The van der Waals surface area contributed by atoms with Crippen molar-refractivity contribution in [3.63, 3.8) is 0 Å². The quantitative estimate of drug-likeness (QED) is 0.670. The largest absolute Gasteiger partial charge is 0.383 e. The van der Waals surface area contributed by atoms with Crippen LogP contribution in [0, 0.1) is 0 Å². The second-order valence-corrected chi connectivity index (χ2v) is 4.50. The molecular formula is C11H21Cl2N3O2S. The van der Waals surface area contributed by atoms with Crippen molar-refractivity contribution in [2.75, 3.05) is 33.4 Å². The van der Waals surface area contributed by atoms with Gasteiger partial charge in [0.05, 0.1) is 11.6 Å². The van der Waals surface area contributed by atoms with E-state index >= 15 is 0 Å². The van der Waals surface area contributed by atoms with Crippen LogP contribution in [0.25, 0.3) is 0 Å². The lowest BCUT2D eigenvalue weighted by atomic mass is 10.3. The van der Waals surface area contributed by atoms with Crippen LogP contribution in [0.5, 0.6) is 0 Å². The van der Waals surface area contributed by atoms with E-state index in [4.69, 9.17) is 4.74 Å². The predicted molar refractivity (Wildman–Crippen MR) is 82.7 cm³/mol. The van der Waals surface area contributed by atoms with Crippen molar-refractivity contribution in [1.82, 2.24) is 15.6 Å². The van der Waals surface area contributed by atoms with Crippen LogP contribution >= 0.6 is 36.2 Å². The zero-order valence-electron chi connectivity index (χ0n) is 10.9. The van der Waals surface area contributed by atoms with Crippen molar-refractivity contribution >= 4 is 42.1 Å². The zero-order valence-corrected chi connectivity index (χ0v) is 13.3. The zero-order chi connectivity index (χ0) is 12.3. The first-order valence-corrected chi connectivity index (χ1v) is 6.55. The topological polar surface area (TPSA) is 63.2 Å². The van der Waals surface area contributed by atoms with Crippen molar-refractivity contribution < 1.29 is 9.53 Å². The van der Waals surface area contributed by atoms with E-state index in [1.165, 1.54) is 0 Å². The number of hydrogen-bond acceptors (Lipinski definition) is 5. The molecule has 0 aliphatic heterocycles. The summed E-state index contributed by atoms with van der Waals surface area (Å²) in [6.07, 6.45) is 2.99. The number of hydrogen-bond donors (Lipinski definition) is 2. The molecule has 0 bridgehead atoms. The van der Waals surface area contributed by atoms with Crippen LogP contribution in [0.2, 0.25) is 0 Å². The van der Waals surface area contributed by atoms with Gasteiger partial charge in [0.1, 0.15) is 0 Å². The second kappa shape index (κ2) is 14.0. The van der Waals surface area contributed by atoms with Gasteiger partial charge in [-0.1, -0.05) is 0 Å². The Morgan fingerprint density at radius 3 is 2.79 bits per heavy atom. The summed E-state index contributed by atoms with van der Waals surface area (Å²) in [6.45, 7) is 2.93. The number of amides is 1. The molecule has 0 aromatic carbocycles. The van der Waals surface area contributed by atoms with Crippen LogP contribution in [-0.2, 0) is 16.0 Å². The van der Waals surface area contributed by atoms with E-state index in [0.29, 0.717) is 19.6 Å². The van der Waals surface area contributed by atoms with Gasteiger partial charge < -0.3 is 15.4 Å². The Morgan fingerprint density at radius 2 is 2.16 bits per heavy atom. The molecule has 0 radical (unpaired) electrons. The lowest BCUT2D eigenvalue weighted by Crippen LogP contribution is -2.33. The standard InChI is InChI=1S/C11H19N3O2S.2ClH/c1-16-8-6-12-4-5-13-10(15)2-3-11-14-7-9-17-11;;/h7,9,12H,2-6,8H2,1H3,(H,13,15);2*1H. The molecular weight excluding hydrogens is 309 g/mol. The van der Waals surface area contributed by atoms with Crippen LogP contribution in [0.1, 0.15) is 11.4 Å². The molecule has 0 fully saturated rings. The number of rotatable bonds is 9. The second-order valence-electron chi connectivity index (χ2n) is 3.52. The van der Waals surface area contributed by atoms with Crippen molar-refractivity contribution in [2.45, 2.75) is 12.8 Å². The summed E-state index contributed by atoms with van der Waals surface area (Å²) < 4.78 is 4.89. The molecule has 0 spiro atoms.